The Bertz CT molecular complexity index is 998. The zero-order chi connectivity index (χ0) is 21.7. The third kappa shape index (κ3) is 5.43. The van der Waals surface area contributed by atoms with E-state index in [0.717, 1.165) is 12.8 Å². The highest BCUT2D eigenvalue weighted by Crippen LogP contribution is 2.26. The van der Waals surface area contributed by atoms with Crippen LogP contribution in [-0.4, -0.2) is 43.5 Å². The summed E-state index contributed by atoms with van der Waals surface area (Å²) in [5.41, 5.74) is 1.41. The fraction of sp³-hybridized carbons (Fsp3) is 0.318. The first-order valence-corrected chi connectivity index (χ1v) is 9.83. The van der Waals surface area contributed by atoms with E-state index in [-0.39, 0.29) is 25.0 Å². The number of halogens is 1. The van der Waals surface area contributed by atoms with Gasteiger partial charge in [-0.25, -0.2) is 0 Å². The Balaban J connectivity index is 1.69. The molecule has 0 unspecified atom stereocenters. The van der Waals surface area contributed by atoms with E-state index in [9.17, 15) is 9.59 Å². The van der Waals surface area contributed by atoms with Crippen LogP contribution < -0.4 is 14.8 Å². The smallest absolute Gasteiger partial charge is 0.260 e. The Morgan fingerprint density at radius 3 is 2.70 bits per heavy atom. The minimum atomic E-state index is -0.337. The maximum absolute atomic E-state index is 12.5. The van der Waals surface area contributed by atoms with Gasteiger partial charge in [-0.15, -0.1) is 0 Å². The lowest BCUT2D eigenvalue weighted by atomic mass is 10.1. The van der Waals surface area contributed by atoms with Gasteiger partial charge in [-0.3, -0.25) is 9.59 Å². The average Bonchev–Trinajstić information content (AvgIpc) is 3.60. The van der Waals surface area contributed by atoms with E-state index < -0.39 is 0 Å². The van der Waals surface area contributed by atoms with Gasteiger partial charge in [0.2, 0.25) is 0 Å². The average molecular weight is 428 g/mol. The highest BCUT2D eigenvalue weighted by molar-refractivity contribution is 6.31. The van der Waals surface area contributed by atoms with Crippen molar-refractivity contribution in [3.8, 4) is 17.6 Å². The van der Waals surface area contributed by atoms with Gasteiger partial charge in [-0.05, 0) is 43.2 Å². The van der Waals surface area contributed by atoms with E-state index in [1.807, 2.05) is 0 Å². The highest BCUT2D eigenvalue weighted by atomic mass is 35.5. The van der Waals surface area contributed by atoms with Crippen LogP contribution in [0.1, 0.15) is 34.3 Å². The Kier molecular flexibility index (Phi) is 6.80. The van der Waals surface area contributed by atoms with E-state index in [1.54, 1.807) is 48.3 Å². The number of carbonyl (C=O) groups is 2. The minimum absolute atomic E-state index is 0.124. The van der Waals surface area contributed by atoms with E-state index >= 15 is 0 Å². The molecule has 0 radical (unpaired) electrons. The Morgan fingerprint density at radius 2 is 2.03 bits per heavy atom. The summed E-state index contributed by atoms with van der Waals surface area (Å²) in [6.07, 6.45) is 2.02. The summed E-state index contributed by atoms with van der Waals surface area (Å²) in [7, 11) is 3.26. The molecule has 0 heterocycles. The van der Waals surface area contributed by atoms with Crippen LogP contribution in [0.25, 0.3) is 0 Å². The molecule has 7 nitrogen and oxygen atoms in total. The molecule has 0 aromatic heterocycles. The number of nitriles is 1. The second-order valence-electron chi connectivity index (χ2n) is 7.02. The number of ether oxygens (including phenoxy) is 2. The summed E-state index contributed by atoms with van der Waals surface area (Å²) >= 11 is 6.03. The number of hydrogen-bond acceptors (Lipinski definition) is 5. The molecule has 1 fully saturated rings. The molecule has 2 aromatic rings. The van der Waals surface area contributed by atoms with Crippen molar-refractivity contribution in [1.82, 2.24) is 10.2 Å². The van der Waals surface area contributed by atoms with Gasteiger partial charge in [-0.2, -0.15) is 5.26 Å². The molecule has 30 heavy (non-hydrogen) atoms. The van der Waals surface area contributed by atoms with Gasteiger partial charge < -0.3 is 19.7 Å². The van der Waals surface area contributed by atoms with Gasteiger partial charge >= 0.3 is 0 Å². The first-order valence-electron chi connectivity index (χ1n) is 9.45. The molecule has 2 amide bonds. The lowest BCUT2D eigenvalue weighted by Gasteiger charge is -2.18. The van der Waals surface area contributed by atoms with Gasteiger partial charge in [0, 0.05) is 35.8 Å². The summed E-state index contributed by atoms with van der Waals surface area (Å²) in [4.78, 5) is 26.5. The third-order valence-electron chi connectivity index (χ3n) is 4.84. The number of nitrogens with one attached hydrogen (secondary N) is 1. The fourth-order valence-corrected chi connectivity index (χ4v) is 3.13. The van der Waals surface area contributed by atoms with Crippen LogP contribution >= 0.6 is 11.6 Å². The van der Waals surface area contributed by atoms with Crippen LogP contribution in [0.3, 0.4) is 0 Å². The molecule has 0 saturated heterocycles. The molecular formula is C22H22ClN3O4. The van der Waals surface area contributed by atoms with Gasteiger partial charge in [0.15, 0.2) is 6.61 Å². The van der Waals surface area contributed by atoms with Crippen LogP contribution in [0.15, 0.2) is 36.4 Å². The molecule has 3 rings (SSSR count). The van der Waals surface area contributed by atoms with Crippen molar-refractivity contribution >= 4 is 23.4 Å². The summed E-state index contributed by atoms with van der Waals surface area (Å²) in [5, 5.41) is 12.4. The van der Waals surface area contributed by atoms with Crippen molar-refractivity contribution in [3.63, 3.8) is 0 Å². The Hall–Kier alpha value is -3.24. The van der Waals surface area contributed by atoms with Crippen molar-refractivity contribution in [2.24, 2.45) is 0 Å². The van der Waals surface area contributed by atoms with E-state index in [0.29, 0.717) is 39.3 Å². The molecule has 0 spiro atoms. The predicted molar refractivity (Wildman–Crippen MR) is 112 cm³/mol. The Morgan fingerprint density at radius 1 is 1.27 bits per heavy atom. The van der Waals surface area contributed by atoms with Gasteiger partial charge in [0.25, 0.3) is 11.8 Å². The van der Waals surface area contributed by atoms with Crippen LogP contribution in [0, 0.1) is 11.3 Å². The van der Waals surface area contributed by atoms with Gasteiger partial charge in [0.1, 0.15) is 11.5 Å². The SMILES string of the molecule is COc1cc(Cl)cc(C(=O)NCc2ccc(C#N)cc2OCC(=O)N(C)C2CC2)c1. The number of carbonyl (C=O) groups excluding carboxylic acids is 2. The minimum Gasteiger partial charge on any atom is -0.497 e. The number of rotatable bonds is 8. The molecule has 0 bridgehead atoms. The molecule has 8 heteroatoms. The maximum atomic E-state index is 12.5. The number of nitrogens with zero attached hydrogens (tertiary/aromatic N) is 2. The molecule has 156 valence electrons. The number of hydrogen-bond donors (Lipinski definition) is 1. The summed E-state index contributed by atoms with van der Waals surface area (Å²) in [6.45, 7) is 0.0235. The largest absolute Gasteiger partial charge is 0.497 e. The molecular weight excluding hydrogens is 406 g/mol. The van der Waals surface area contributed by atoms with E-state index in [2.05, 4.69) is 11.4 Å². The van der Waals surface area contributed by atoms with Crippen molar-refractivity contribution in [2.75, 3.05) is 20.8 Å². The lowest BCUT2D eigenvalue weighted by molar-refractivity contribution is -0.132. The van der Waals surface area contributed by atoms with Crippen LogP contribution in [0.2, 0.25) is 5.02 Å². The molecule has 1 aliphatic rings. The van der Waals surface area contributed by atoms with Gasteiger partial charge in [0.05, 0.1) is 18.7 Å². The molecule has 0 aliphatic heterocycles. The second-order valence-corrected chi connectivity index (χ2v) is 7.46. The van der Waals surface area contributed by atoms with Crippen molar-refractivity contribution < 1.29 is 19.1 Å². The predicted octanol–water partition coefficient (Wildman–Crippen LogP) is 3.15. The number of methoxy groups -OCH3 is 1. The zero-order valence-electron chi connectivity index (χ0n) is 16.8. The summed E-state index contributed by atoms with van der Waals surface area (Å²) in [5.74, 6) is 0.403. The van der Waals surface area contributed by atoms with Crippen molar-refractivity contribution in [1.29, 1.82) is 5.26 Å². The maximum Gasteiger partial charge on any atom is 0.260 e. The molecule has 1 saturated carbocycles. The van der Waals surface area contributed by atoms with Crippen molar-refractivity contribution in [3.05, 3.63) is 58.1 Å². The van der Waals surface area contributed by atoms with E-state index in [4.69, 9.17) is 26.3 Å². The fourth-order valence-electron chi connectivity index (χ4n) is 2.90. The number of benzene rings is 2. The van der Waals surface area contributed by atoms with Crippen LogP contribution in [-0.2, 0) is 11.3 Å². The normalized spacial score (nSPS) is 12.6. The first-order chi connectivity index (χ1) is 14.4. The van der Waals surface area contributed by atoms with Crippen molar-refractivity contribution in [2.45, 2.75) is 25.4 Å². The molecule has 0 atom stereocenters. The zero-order valence-corrected chi connectivity index (χ0v) is 17.5. The van der Waals surface area contributed by atoms with Gasteiger partial charge in [-0.1, -0.05) is 17.7 Å². The van der Waals surface area contributed by atoms with Crippen LogP contribution in [0.4, 0.5) is 0 Å². The highest BCUT2D eigenvalue weighted by Gasteiger charge is 2.29. The number of likely N-dealkylation sites (N-methyl/N-ethyl adjacent to an activating group) is 1. The quantitative estimate of drug-likeness (QED) is 0.698. The Labute approximate surface area is 180 Å². The molecule has 1 aliphatic carbocycles. The summed E-state index contributed by atoms with van der Waals surface area (Å²) < 4.78 is 10.8. The second kappa shape index (κ2) is 9.51. The topological polar surface area (TPSA) is 91.7 Å². The lowest BCUT2D eigenvalue weighted by Crippen LogP contribution is -2.33. The summed E-state index contributed by atoms with van der Waals surface area (Å²) in [6, 6.07) is 12.0. The third-order valence-corrected chi connectivity index (χ3v) is 5.06. The number of amides is 2. The first kappa shape index (κ1) is 21.5. The van der Waals surface area contributed by atoms with Crippen LogP contribution in [0.5, 0.6) is 11.5 Å². The molecule has 1 N–H and O–H groups in total. The standard InChI is InChI=1S/C22H22ClN3O4/c1-26(18-5-6-18)21(27)13-30-20-7-14(11-24)3-4-15(20)12-25-22(28)16-8-17(23)10-19(9-16)29-2/h3-4,7-10,18H,5-6,12-13H2,1-2H3,(H,25,28). The van der Waals surface area contributed by atoms with E-state index in [1.165, 1.54) is 7.11 Å². The molecule has 2 aromatic carbocycles. The monoisotopic (exact) mass is 427 g/mol.